The molecular formula is C15H35N3O. The number of aliphatic hydroxyl groups is 1. The van der Waals surface area contributed by atoms with Crippen LogP contribution in [0.2, 0.25) is 0 Å². The molecule has 1 atom stereocenters. The van der Waals surface area contributed by atoms with Gasteiger partial charge in [-0.25, -0.2) is 0 Å². The first-order valence-corrected chi connectivity index (χ1v) is 7.70. The third kappa shape index (κ3) is 9.38. The lowest BCUT2D eigenvalue weighted by Crippen LogP contribution is -2.48. The van der Waals surface area contributed by atoms with Crippen LogP contribution >= 0.6 is 0 Å². The van der Waals surface area contributed by atoms with E-state index in [0.29, 0.717) is 0 Å². The van der Waals surface area contributed by atoms with E-state index in [2.05, 4.69) is 50.0 Å². The molecule has 4 nitrogen and oxygen atoms in total. The Bertz CT molecular complexity index is 212. The lowest BCUT2D eigenvalue weighted by Gasteiger charge is -2.32. The molecule has 0 bridgehead atoms. The van der Waals surface area contributed by atoms with Gasteiger partial charge in [0.05, 0.1) is 6.61 Å². The Balaban J connectivity index is 4.01. The van der Waals surface area contributed by atoms with Crippen LogP contribution in [-0.4, -0.2) is 73.9 Å². The monoisotopic (exact) mass is 273 g/mol. The molecule has 0 fully saturated rings. The Hall–Kier alpha value is -0.160. The number of rotatable bonds is 12. The van der Waals surface area contributed by atoms with Crippen LogP contribution < -0.4 is 5.32 Å². The molecule has 0 radical (unpaired) electrons. The van der Waals surface area contributed by atoms with Gasteiger partial charge in [0.2, 0.25) is 0 Å². The zero-order valence-corrected chi connectivity index (χ0v) is 13.7. The SMILES string of the molecule is CCCNC(C)(CO)CCN(CC)CCCN(C)C. The number of aliphatic hydroxyl groups excluding tert-OH is 1. The minimum atomic E-state index is -0.134. The molecule has 0 aliphatic rings. The van der Waals surface area contributed by atoms with Crippen molar-refractivity contribution in [3.8, 4) is 0 Å². The predicted molar refractivity (Wildman–Crippen MR) is 83.7 cm³/mol. The summed E-state index contributed by atoms with van der Waals surface area (Å²) >= 11 is 0. The van der Waals surface area contributed by atoms with Gasteiger partial charge < -0.3 is 20.2 Å². The van der Waals surface area contributed by atoms with Crippen LogP contribution in [0.15, 0.2) is 0 Å². The molecule has 0 heterocycles. The Labute approximate surface area is 120 Å². The molecule has 0 saturated heterocycles. The Morgan fingerprint density at radius 3 is 2.26 bits per heavy atom. The van der Waals surface area contributed by atoms with Crippen molar-refractivity contribution in [3.05, 3.63) is 0 Å². The lowest BCUT2D eigenvalue weighted by atomic mass is 9.98. The van der Waals surface area contributed by atoms with Crippen molar-refractivity contribution in [2.24, 2.45) is 0 Å². The number of nitrogens with one attached hydrogen (secondary N) is 1. The standard InChI is InChI=1S/C15H35N3O/c1-6-10-16-15(3,14-19)9-13-18(7-2)12-8-11-17(4)5/h16,19H,6-14H2,1-5H3. The van der Waals surface area contributed by atoms with Gasteiger partial charge in [-0.2, -0.15) is 0 Å². The van der Waals surface area contributed by atoms with Crippen molar-refractivity contribution < 1.29 is 5.11 Å². The van der Waals surface area contributed by atoms with Crippen LogP contribution in [0.1, 0.15) is 40.0 Å². The van der Waals surface area contributed by atoms with Crippen molar-refractivity contribution >= 4 is 0 Å². The average Bonchev–Trinajstić information content (AvgIpc) is 2.40. The molecule has 19 heavy (non-hydrogen) atoms. The molecule has 0 aliphatic heterocycles. The molecule has 0 amide bonds. The van der Waals surface area contributed by atoms with E-state index in [1.165, 1.54) is 6.42 Å². The highest BCUT2D eigenvalue weighted by molar-refractivity contribution is 4.83. The maximum absolute atomic E-state index is 9.56. The van der Waals surface area contributed by atoms with Gasteiger partial charge in [-0.1, -0.05) is 13.8 Å². The second-order valence-electron chi connectivity index (χ2n) is 5.99. The van der Waals surface area contributed by atoms with Gasteiger partial charge in [0.1, 0.15) is 0 Å². The third-order valence-corrected chi connectivity index (χ3v) is 3.66. The van der Waals surface area contributed by atoms with Crippen molar-refractivity contribution in [1.29, 1.82) is 0 Å². The highest BCUT2D eigenvalue weighted by Gasteiger charge is 2.22. The molecule has 4 heteroatoms. The molecular weight excluding hydrogens is 238 g/mol. The first kappa shape index (κ1) is 18.8. The summed E-state index contributed by atoms with van der Waals surface area (Å²) in [4.78, 5) is 4.71. The molecule has 116 valence electrons. The van der Waals surface area contributed by atoms with Gasteiger partial charge in [0, 0.05) is 5.54 Å². The third-order valence-electron chi connectivity index (χ3n) is 3.66. The first-order chi connectivity index (χ1) is 8.97. The molecule has 0 spiro atoms. The topological polar surface area (TPSA) is 38.7 Å². The summed E-state index contributed by atoms with van der Waals surface area (Å²) in [5.41, 5.74) is -0.134. The molecule has 0 saturated carbocycles. The minimum Gasteiger partial charge on any atom is -0.394 e. The predicted octanol–water partition coefficient (Wildman–Crippen LogP) is 1.40. The largest absolute Gasteiger partial charge is 0.394 e. The summed E-state index contributed by atoms with van der Waals surface area (Å²) in [6.07, 6.45) is 3.31. The maximum atomic E-state index is 9.56. The summed E-state index contributed by atoms with van der Waals surface area (Å²) in [7, 11) is 4.24. The van der Waals surface area contributed by atoms with Crippen molar-refractivity contribution in [2.75, 3.05) is 53.4 Å². The number of nitrogens with zero attached hydrogens (tertiary/aromatic N) is 2. The lowest BCUT2D eigenvalue weighted by molar-refractivity contribution is 0.145. The van der Waals surface area contributed by atoms with Gasteiger partial charge >= 0.3 is 0 Å². The number of hydrogen-bond donors (Lipinski definition) is 2. The Kier molecular flexibility index (Phi) is 10.5. The van der Waals surface area contributed by atoms with E-state index in [4.69, 9.17) is 0 Å². The fourth-order valence-corrected chi connectivity index (χ4v) is 2.09. The second kappa shape index (κ2) is 10.6. The van der Waals surface area contributed by atoms with E-state index >= 15 is 0 Å². The summed E-state index contributed by atoms with van der Waals surface area (Å²) in [5.74, 6) is 0. The maximum Gasteiger partial charge on any atom is 0.0611 e. The fourth-order valence-electron chi connectivity index (χ4n) is 2.09. The van der Waals surface area contributed by atoms with Crippen LogP contribution in [-0.2, 0) is 0 Å². The smallest absolute Gasteiger partial charge is 0.0611 e. The molecule has 0 aromatic carbocycles. The first-order valence-electron chi connectivity index (χ1n) is 7.70. The zero-order chi connectivity index (χ0) is 14.7. The quantitative estimate of drug-likeness (QED) is 0.564. The van der Waals surface area contributed by atoms with Crippen LogP contribution in [0.25, 0.3) is 0 Å². The normalized spacial score (nSPS) is 15.2. The van der Waals surface area contributed by atoms with Crippen molar-refractivity contribution in [3.63, 3.8) is 0 Å². The van der Waals surface area contributed by atoms with Crippen LogP contribution in [0.4, 0.5) is 0 Å². The average molecular weight is 273 g/mol. The highest BCUT2D eigenvalue weighted by Crippen LogP contribution is 2.10. The summed E-state index contributed by atoms with van der Waals surface area (Å²) in [6, 6.07) is 0. The van der Waals surface area contributed by atoms with E-state index in [0.717, 1.165) is 45.6 Å². The Morgan fingerprint density at radius 1 is 1.11 bits per heavy atom. The van der Waals surface area contributed by atoms with E-state index < -0.39 is 0 Å². The highest BCUT2D eigenvalue weighted by atomic mass is 16.3. The van der Waals surface area contributed by atoms with Crippen LogP contribution in [0, 0.1) is 0 Å². The van der Waals surface area contributed by atoms with Crippen molar-refractivity contribution in [2.45, 2.75) is 45.6 Å². The van der Waals surface area contributed by atoms with Crippen molar-refractivity contribution in [1.82, 2.24) is 15.1 Å². The summed E-state index contributed by atoms with van der Waals surface area (Å²) in [5, 5.41) is 13.0. The molecule has 0 rings (SSSR count). The molecule has 0 aromatic heterocycles. The van der Waals surface area contributed by atoms with E-state index in [1.807, 2.05) is 0 Å². The molecule has 0 aromatic rings. The Morgan fingerprint density at radius 2 is 1.79 bits per heavy atom. The minimum absolute atomic E-state index is 0.134. The number of hydrogen-bond acceptors (Lipinski definition) is 4. The van der Waals surface area contributed by atoms with Gasteiger partial charge in [0.15, 0.2) is 0 Å². The second-order valence-corrected chi connectivity index (χ2v) is 5.99. The molecule has 2 N–H and O–H groups in total. The summed E-state index contributed by atoms with van der Waals surface area (Å²) in [6.45, 7) is 12.1. The summed E-state index contributed by atoms with van der Waals surface area (Å²) < 4.78 is 0. The van der Waals surface area contributed by atoms with Gasteiger partial charge in [-0.3, -0.25) is 0 Å². The van der Waals surface area contributed by atoms with Gasteiger partial charge in [0.25, 0.3) is 0 Å². The van der Waals surface area contributed by atoms with Crippen LogP contribution in [0.5, 0.6) is 0 Å². The zero-order valence-electron chi connectivity index (χ0n) is 13.7. The van der Waals surface area contributed by atoms with E-state index in [1.54, 1.807) is 0 Å². The van der Waals surface area contributed by atoms with E-state index in [9.17, 15) is 5.11 Å². The fraction of sp³-hybridized carbons (Fsp3) is 1.00. The molecule has 1 unspecified atom stereocenters. The molecule has 0 aliphatic carbocycles. The van der Waals surface area contributed by atoms with Gasteiger partial charge in [-0.15, -0.1) is 0 Å². The van der Waals surface area contributed by atoms with Gasteiger partial charge in [-0.05, 0) is 73.0 Å². The van der Waals surface area contributed by atoms with E-state index in [-0.39, 0.29) is 12.1 Å². The van der Waals surface area contributed by atoms with Crippen LogP contribution in [0.3, 0.4) is 0 Å².